The third-order valence-corrected chi connectivity index (χ3v) is 2.74. The van der Waals surface area contributed by atoms with Crippen molar-refractivity contribution in [1.82, 2.24) is 5.32 Å². The van der Waals surface area contributed by atoms with Crippen LogP contribution < -0.4 is 5.32 Å². The summed E-state index contributed by atoms with van der Waals surface area (Å²) in [6.07, 6.45) is 6.83. The minimum atomic E-state index is -0.805. The first-order chi connectivity index (χ1) is 7.74. The van der Waals surface area contributed by atoms with E-state index in [1.165, 1.54) is 19.3 Å². The second kappa shape index (κ2) is 7.63. The molecule has 4 nitrogen and oxygen atoms in total. The maximum atomic E-state index is 10.9. The average molecular weight is 229 g/mol. The Balaban J connectivity index is 2.00. The lowest BCUT2D eigenvalue weighted by molar-refractivity contribution is -0.141. The van der Waals surface area contributed by atoms with Gasteiger partial charge in [-0.2, -0.15) is 0 Å². The van der Waals surface area contributed by atoms with Gasteiger partial charge in [-0.15, -0.1) is 0 Å². The number of rotatable bonds is 10. The molecule has 0 amide bonds. The van der Waals surface area contributed by atoms with Crippen LogP contribution in [0.15, 0.2) is 0 Å². The molecule has 16 heavy (non-hydrogen) atoms. The monoisotopic (exact) mass is 229 g/mol. The van der Waals surface area contributed by atoms with Crippen LogP contribution in [0.4, 0.5) is 0 Å². The fourth-order valence-electron chi connectivity index (χ4n) is 1.56. The largest absolute Gasteiger partial charge is 0.480 e. The molecule has 0 aromatic rings. The minimum Gasteiger partial charge on any atom is -0.480 e. The van der Waals surface area contributed by atoms with E-state index in [-0.39, 0.29) is 6.61 Å². The Morgan fingerprint density at radius 2 is 2.19 bits per heavy atom. The van der Waals surface area contributed by atoms with Crippen molar-refractivity contribution in [2.45, 2.75) is 57.5 Å². The van der Waals surface area contributed by atoms with Gasteiger partial charge in [-0.1, -0.05) is 26.2 Å². The van der Waals surface area contributed by atoms with E-state index in [4.69, 9.17) is 9.84 Å². The van der Waals surface area contributed by atoms with E-state index in [1.807, 2.05) is 0 Å². The number of aliphatic carboxylic acids is 1. The number of nitrogens with one attached hydrogen (secondary N) is 1. The summed E-state index contributed by atoms with van der Waals surface area (Å²) < 4.78 is 5.39. The molecule has 0 bridgehead atoms. The fourth-order valence-corrected chi connectivity index (χ4v) is 1.56. The van der Waals surface area contributed by atoms with Crippen LogP contribution in [0.1, 0.15) is 45.4 Å². The summed E-state index contributed by atoms with van der Waals surface area (Å²) in [6.45, 7) is 3.13. The third kappa shape index (κ3) is 6.08. The second-order valence-electron chi connectivity index (χ2n) is 4.47. The van der Waals surface area contributed by atoms with Crippen LogP contribution in [-0.2, 0) is 9.53 Å². The SMILES string of the molecule is CCCCCCOCC(NC1CC1)C(=O)O. The van der Waals surface area contributed by atoms with E-state index in [9.17, 15) is 4.79 Å². The maximum Gasteiger partial charge on any atom is 0.323 e. The Hall–Kier alpha value is -0.610. The highest BCUT2D eigenvalue weighted by atomic mass is 16.5. The van der Waals surface area contributed by atoms with Crippen LogP contribution in [0.5, 0.6) is 0 Å². The summed E-state index contributed by atoms with van der Waals surface area (Å²) in [5, 5.41) is 12.0. The second-order valence-corrected chi connectivity index (χ2v) is 4.47. The van der Waals surface area contributed by atoms with Crippen LogP contribution in [0.2, 0.25) is 0 Å². The van der Waals surface area contributed by atoms with E-state index in [1.54, 1.807) is 0 Å². The lowest BCUT2D eigenvalue weighted by Gasteiger charge is -2.14. The van der Waals surface area contributed by atoms with Gasteiger partial charge in [0, 0.05) is 12.6 Å². The Bertz CT molecular complexity index is 204. The fraction of sp³-hybridized carbons (Fsp3) is 0.917. The van der Waals surface area contributed by atoms with E-state index in [2.05, 4.69) is 12.2 Å². The third-order valence-electron chi connectivity index (χ3n) is 2.74. The highest BCUT2D eigenvalue weighted by molar-refractivity contribution is 5.73. The molecular formula is C12H23NO3. The van der Waals surface area contributed by atoms with E-state index >= 15 is 0 Å². The number of ether oxygens (including phenoxy) is 1. The van der Waals surface area contributed by atoms with Gasteiger partial charge >= 0.3 is 5.97 Å². The lowest BCUT2D eigenvalue weighted by Crippen LogP contribution is -2.41. The number of carbonyl (C=O) groups is 1. The van der Waals surface area contributed by atoms with Crippen molar-refractivity contribution in [2.75, 3.05) is 13.2 Å². The van der Waals surface area contributed by atoms with Crippen LogP contribution in [0, 0.1) is 0 Å². The van der Waals surface area contributed by atoms with Crippen molar-refractivity contribution in [3.8, 4) is 0 Å². The van der Waals surface area contributed by atoms with Crippen LogP contribution in [0.25, 0.3) is 0 Å². The number of hydrogen-bond acceptors (Lipinski definition) is 3. The summed E-state index contributed by atoms with van der Waals surface area (Å²) in [7, 11) is 0. The Morgan fingerprint density at radius 3 is 2.75 bits per heavy atom. The molecule has 1 unspecified atom stereocenters. The van der Waals surface area contributed by atoms with Crippen molar-refractivity contribution in [3.63, 3.8) is 0 Å². The van der Waals surface area contributed by atoms with E-state index < -0.39 is 12.0 Å². The Morgan fingerprint density at radius 1 is 1.44 bits per heavy atom. The van der Waals surface area contributed by atoms with Gasteiger partial charge in [-0.3, -0.25) is 10.1 Å². The molecule has 1 aliphatic carbocycles. The highest BCUT2D eigenvalue weighted by Crippen LogP contribution is 2.19. The molecule has 4 heteroatoms. The van der Waals surface area contributed by atoms with Gasteiger partial charge < -0.3 is 9.84 Å². The lowest BCUT2D eigenvalue weighted by atomic mass is 10.2. The number of hydrogen-bond donors (Lipinski definition) is 2. The van der Waals surface area contributed by atoms with Gasteiger partial charge in [0.05, 0.1) is 6.61 Å². The standard InChI is InChI=1S/C12H23NO3/c1-2-3-4-5-8-16-9-11(12(14)15)13-10-6-7-10/h10-11,13H,2-9H2,1H3,(H,14,15). The predicted octanol–water partition coefficient (Wildman–Crippen LogP) is 1.79. The summed E-state index contributed by atoms with van der Waals surface area (Å²) in [4.78, 5) is 10.9. The van der Waals surface area contributed by atoms with E-state index in [0.717, 1.165) is 19.3 Å². The molecule has 0 radical (unpaired) electrons. The first kappa shape index (κ1) is 13.5. The minimum absolute atomic E-state index is 0.290. The average Bonchev–Trinajstić information content (AvgIpc) is 3.05. The molecule has 94 valence electrons. The summed E-state index contributed by atoms with van der Waals surface area (Å²) in [5.41, 5.74) is 0. The summed E-state index contributed by atoms with van der Waals surface area (Å²) in [5.74, 6) is -0.805. The van der Waals surface area contributed by atoms with Gasteiger partial charge in [0.15, 0.2) is 0 Å². The topological polar surface area (TPSA) is 58.6 Å². The molecule has 0 spiro atoms. The number of unbranched alkanes of at least 4 members (excludes halogenated alkanes) is 3. The highest BCUT2D eigenvalue weighted by Gasteiger charge is 2.28. The van der Waals surface area contributed by atoms with Crippen molar-refractivity contribution in [3.05, 3.63) is 0 Å². The van der Waals surface area contributed by atoms with Gasteiger partial charge in [-0.25, -0.2) is 0 Å². The zero-order valence-corrected chi connectivity index (χ0v) is 10.1. The molecule has 1 atom stereocenters. The summed E-state index contributed by atoms with van der Waals surface area (Å²) >= 11 is 0. The van der Waals surface area contributed by atoms with Crippen LogP contribution >= 0.6 is 0 Å². The van der Waals surface area contributed by atoms with Gasteiger partial charge in [0.25, 0.3) is 0 Å². The smallest absolute Gasteiger partial charge is 0.323 e. The molecular weight excluding hydrogens is 206 g/mol. The zero-order chi connectivity index (χ0) is 11.8. The number of carboxylic acid groups (broad SMARTS) is 1. The van der Waals surface area contributed by atoms with Crippen molar-refractivity contribution in [2.24, 2.45) is 0 Å². The normalized spacial score (nSPS) is 17.3. The van der Waals surface area contributed by atoms with Crippen molar-refractivity contribution < 1.29 is 14.6 Å². The Kier molecular flexibility index (Phi) is 6.42. The van der Waals surface area contributed by atoms with Crippen molar-refractivity contribution >= 4 is 5.97 Å². The molecule has 0 aromatic carbocycles. The summed E-state index contributed by atoms with van der Waals surface area (Å²) in [6, 6.07) is -0.122. The van der Waals surface area contributed by atoms with Crippen molar-refractivity contribution in [1.29, 1.82) is 0 Å². The molecule has 0 aliphatic heterocycles. The van der Waals surface area contributed by atoms with Crippen LogP contribution in [-0.4, -0.2) is 36.4 Å². The predicted molar refractivity (Wildman–Crippen MR) is 62.5 cm³/mol. The van der Waals surface area contributed by atoms with Gasteiger partial charge in [0.2, 0.25) is 0 Å². The molecule has 1 saturated carbocycles. The van der Waals surface area contributed by atoms with Gasteiger partial charge in [0.1, 0.15) is 6.04 Å². The van der Waals surface area contributed by atoms with Crippen LogP contribution in [0.3, 0.4) is 0 Å². The molecule has 0 heterocycles. The molecule has 1 rings (SSSR count). The maximum absolute atomic E-state index is 10.9. The molecule has 0 aromatic heterocycles. The Labute approximate surface area is 97.4 Å². The quantitative estimate of drug-likeness (QED) is 0.561. The zero-order valence-electron chi connectivity index (χ0n) is 10.1. The first-order valence-corrected chi connectivity index (χ1v) is 6.30. The van der Waals surface area contributed by atoms with E-state index in [0.29, 0.717) is 12.6 Å². The molecule has 1 fully saturated rings. The first-order valence-electron chi connectivity index (χ1n) is 6.30. The number of carboxylic acids is 1. The molecule has 1 aliphatic rings. The molecule has 0 saturated heterocycles. The van der Waals surface area contributed by atoms with Gasteiger partial charge in [-0.05, 0) is 19.3 Å². The molecule has 2 N–H and O–H groups in total.